The Kier molecular flexibility index (Phi) is 5.98. The standard InChI is InChI=1S/C9H13NO2.C7H9NO2/c1-3-7-9(12)8(11)5-6-10(7)4-2;1-5-7(10)6(9)3-4-8(5)2/h5-6,12H,3-4H2,1-2H3;3-4,10H,1-2H3. The average Bonchev–Trinajstić information content (AvgIpc) is 2.52. The van der Waals surface area contributed by atoms with Crippen LogP contribution in [0.15, 0.2) is 34.1 Å². The highest BCUT2D eigenvalue weighted by Gasteiger charge is 2.05. The largest absolute Gasteiger partial charge is 0.503 e. The molecule has 2 heterocycles. The molecule has 0 unspecified atom stereocenters. The lowest BCUT2D eigenvalue weighted by Crippen LogP contribution is -2.10. The van der Waals surface area contributed by atoms with Gasteiger partial charge < -0.3 is 19.3 Å². The lowest BCUT2D eigenvalue weighted by atomic mass is 10.2. The van der Waals surface area contributed by atoms with Gasteiger partial charge in [0, 0.05) is 38.1 Å². The fourth-order valence-electron chi connectivity index (χ4n) is 1.99. The zero-order valence-electron chi connectivity index (χ0n) is 13.3. The van der Waals surface area contributed by atoms with E-state index in [0.29, 0.717) is 17.8 Å². The molecular weight excluding hydrogens is 284 g/mol. The molecule has 0 aliphatic heterocycles. The molecule has 2 aromatic heterocycles. The monoisotopic (exact) mass is 306 g/mol. The van der Waals surface area contributed by atoms with Crippen LogP contribution in [0.3, 0.4) is 0 Å². The SMILES string of the molecule is CCc1c(O)c(=O)ccn1CC.Cc1c(O)c(=O)ccn1C. The van der Waals surface area contributed by atoms with Crippen molar-refractivity contribution in [1.29, 1.82) is 0 Å². The molecule has 0 aromatic carbocycles. The minimum atomic E-state index is -0.324. The molecule has 6 nitrogen and oxygen atoms in total. The second-order valence-electron chi connectivity index (χ2n) is 4.84. The Hall–Kier alpha value is -2.50. The Bertz CT molecular complexity index is 760. The van der Waals surface area contributed by atoms with Gasteiger partial charge in [0.15, 0.2) is 11.5 Å². The Morgan fingerprint density at radius 1 is 1.00 bits per heavy atom. The Morgan fingerprint density at radius 3 is 2.05 bits per heavy atom. The quantitative estimate of drug-likeness (QED) is 0.881. The number of aryl methyl sites for hydroxylation is 2. The van der Waals surface area contributed by atoms with Crippen LogP contribution >= 0.6 is 0 Å². The number of hydrogen-bond acceptors (Lipinski definition) is 4. The summed E-state index contributed by atoms with van der Waals surface area (Å²) in [5.41, 5.74) is 0.685. The van der Waals surface area contributed by atoms with E-state index in [1.165, 1.54) is 12.1 Å². The van der Waals surface area contributed by atoms with Gasteiger partial charge in [0.05, 0.1) is 11.4 Å². The summed E-state index contributed by atoms with van der Waals surface area (Å²) in [4.78, 5) is 21.7. The molecule has 0 aliphatic rings. The molecule has 120 valence electrons. The highest BCUT2D eigenvalue weighted by molar-refractivity contribution is 5.26. The topological polar surface area (TPSA) is 84.5 Å². The van der Waals surface area contributed by atoms with Crippen molar-refractivity contribution >= 4 is 0 Å². The molecule has 0 radical (unpaired) electrons. The van der Waals surface area contributed by atoms with Gasteiger partial charge in [-0.15, -0.1) is 0 Å². The third-order valence-corrected chi connectivity index (χ3v) is 3.49. The van der Waals surface area contributed by atoms with E-state index >= 15 is 0 Å². The first-order valence-electron chi connectivity index (χ1n) is 7.09. The van der Waals surface area contributed by atoms with Crippen molar-refractivity contribution in [2.75, 3.05) is 0 Å². The molecule has 0 saturated carbocycles. The molecule has 0 atom stereocenters. The maximum absolute atomic E-state index is 11.0. The third kappa shape index (κ3) is 3.78. The summed E-state index contributed by atoms with van der Waals surface area (Å²) in [5, 5.41) is 18.4. The number of pyridine rings is 2. The minimum absolute atomic E-state index is 0.109. The number of rotatable bonds is 2. The third-order valence-electron chi connectivity index (χ3n) is 3.49. The molecule has 0 fully saturated rings. The predicted molar refractivity (Wildman–Crippen MR) is 85.5 cm³/mol. The lowest BCUT2D eigenvalue weighted by molar-refractivity contribution is 0.450. The lowest BCUT2D eigenvalue weighted by Gasteiger charge is -2.10. The summed E-state index contributed by atoms with van der Waals surface area (Å²) >= 11 is 0. The van der Waals surface area contributed by atoms with Crippen LogP contribution in [0.5, 0.6) is 11.5 Å². The van der Waals surface area contributed by atoms with Crippen LogP contribution in [0.1, 0.15) is 25.2 Å². The molecule has 0 spiro atoms. The summed E-state index contributed by atoms with van der Waals surface area (Å²) in [5.74, 6) is -0.271. The van der Waals surface area contributed by atoms with Gasteiger partial charge in [0.25, 0.3) is 0 Å². The molecule has 6 heteroatoms. The summed E-state index contributed by atoms with van der Waals surface area (Å²) in [6.07, 6.45) is 4.01. The number of aromatic nitrogens is 2. The van der Waals surface area contributed by atoms with Gasteiger partial charge in [-0.05, 0) is 20.3 Å². The van der Waals surface area contributed by atoms with E-state index < -0.39 is 0 Å². The number of hydrogen-bond donors (Lipinski definition) is 2. The fourth-order valence-corrected chi connectivity index (χ4v) is 1.99. The van der Waals surface area contributed by atoms with E-state index in [2.05, 4.69) is 0 Å². The van der Waals surface area contributed by atoms with Gasteiger partial charge in [-0.2, -0.15) is 0 Å². The van der Waals surface area contributed by atoms with Gasteiger partial charge in [-0.25, -0.2) is 0 Å². The highest BCUT2D eigenvalue weighted by Crippen LogP contribution is 2.11. The summed E-state index contributed by atoms with van der Waals surface area (Å²) in [7, 11) is 1.77. The zero-order valence-corrected chi connectivity index (χ0v) is 13.3. The predicted octanol–water partition coefficient (Wildman–Crippen LogP) is 1.54. The molecule has 22 heavy (non-hydrogen) atoms. The fraction of sp³-hybridized carbons (Fsp3) is 0.375. The van der Waals surface area contributed by atoms with Gasteiger partial charge in [-0.1, -0.05) is 6.92 Å². The molecule has 0 bridgehead atoms. The number of aromatic hydroxyl groups is 2. The van der Waals surface area contributed by atoms with Crippen LogP contribution in [0.4, 0.5) is 0 Å². The van der Waals surface area contributed by atoms with E-state index in [-0.39, 0.29) is 22.4 Å². The molecule has 0 saturated heterocycles. The molecule has 2 rings (SSSR count). The van der Waals surface area contributed by atoms with Crippen molar-refractivity contribution in [3.05, 3.63) is 56.4 Å². The zero-order chi connectivity index (χ0) is 16.9. The van der Waals surface area contributed by atoms with Crippen molar-refractivity contribution in [3.8, 4) is 11.5 Å². The first kappa shape index (κ1) is 17.6. The Morgan fingerprint density at radius 2 is 1.55 bits per heavy atom. The first-order valence-corrected chi connectivity index (χ1v) is 7.09. The van der Waals surface area contributed by atoms with Crippen molar-refractivity contribution in [1.82, 2.24) is 9.13 Å². The van der Waals surface area contributed by atoms with Gasteiger partial charge >= 0.3 is 0 Å². The van der Waals surface area contributed by atoms with Crippen molar-refractivity contribution in [2.45, 2.75) is 33.7 Å². The normalized spacial score (nSPS) is 10.0. The summed E-state index contributed by atoms with van der Waals surface area (Å²) in [6, 6.07) is 2.72. The summed E-state index contributed by atoms with van der Waals surface area (Å²) < 4.78 is 3.56. The average molecular weight is 306 g/mol. The Balaban J connectivity index is 0.000000224. The van der Waals surface area contributed by atoms with Gasteiger partial charge in [-0.3, -0.25) is 9.59 Å². The molecule has 2 N–H and O–H groups in total. The molecule has 0 amide bonds. The van der Waals surface area contributed by atoms with Crippen molar-refractivity contribution in [2.24, 2.45) is 7.05 Å². The van der Waals surface area contributed by atoms with Crippen LogP contribution < -0.4 is 10.9 Å². The van der Waals surface area contributed by atoms with E-state index in [1.807, 2.05) is 18.4 Å². The summed E-state index contributed by atoms with van der Waals surface area (Å²) in [6.45, 7) is 6.36. The first-order chi connectivity index (χ1) is 10.3. The minimum Gasteiger partial charge on any atom is -0.503 e. The molecule has 0 aliphatic carbocycles. The van der Waals surface area contributed by atoms with E-state index in [4.69, 9.17) is 5.11 Å². The Labute approximate surface area is 128 Å². The highest BCUT2D eigenvalue weighted by atomic mass is 16.3. The smallest absolute Gasteiger partial charge is 0.223 e. The van der Waals surface area contributed by atoms with Crippen LogP contribution in [0, 0.1) is 6.92 Å². The second-order valence-corrected chi connectivity index (χ2v) is 4.84. The maximum atomic E-state index is 11.0. The van der Waals surface area contributed by atoms with Crippen LogP contribution in [0.2, 0.25) is 0 Å². The van der Waals surface area contributed by atoms with Crippen LogP contribution in [-0.4, -0.2) is 19.3 Å². The second kappa shape index (κ2) is 7.49. The van der Waals surface area contributed by atoms with E-state index in [9.17, 15) is 14.7 Å². The number of nitrogens with zero attached hydrogens (tertiary/aromatic N) is 2. The van der Waals surface area contributed by atoms with Crippen molar-refractivity contribution in [3.63, 3.8) is 0 Å². The maximum Gasteiger partial charge on any atom is 0.223 e. The van der Waals surface area contributed by atoms with Gasteiger partial charge in [0.2, 0.25) is 10.9 Å². The van der Waals surface area contributed by atoms with E-state index in [0.717, 1.165) is 6.54 Å². The van der Waals surface area contributed by atoms with E-state index in [1.54, 1.807) is 30.9 Å². The van der Waals surface area contributed by atoms with Crippen LogP contribution in [0.25, 0.3) is 0 Å². The van der Waals surface area contributed by atoms with Crippen molar-refractivity contribution < 1.29 is 10.2 Å². The molecule has 2 aromatic rings. The van der Waals surface area contributed by atoms with Gasteiger partial charge in [0.1, 0.15) is 0 Å². The molecular formula is C16H22N2O4. The van der Waals surface area contributed by atoms with Crippen LogP contribution in [-0.2, 0) is 20.0 Å².